The average Bonchev–Trinajstić information content (AvgIpc) is 2.68. The van der Waals surface area contributed by atoms with Crippen LogP contribution < -0.4 is 9.47 Å². The second-order valence-corrected chi connectivity index (χ2v) is 6.67. The third-order valence-corrected chi connectivity index (χ3v) is 4.52. The summed E-state index contributed by atoms with van der Waals surface area (Å²) in [4.78, 5) is 20.0. The number of carbonyl (C=O) groups is 1. The molecule has 0 spiro atoms. The van der Waals surface area contributed by atoms with Gasteiger partial charge in [0, 0.05) is 16.8 Å². The van der Waals surface area contributed by atoms with Crippen molar-refractivity contribution in [2.45, 2.75) is 40.2 Å². The number of hydrogen-bond acceptors (Lipinski definition) is 6. The molecule has 0 fully saturated rings. The van der Waals surface area contributed by atoms with Gasteiger partial charge in [-0.1, -0.05) is 6.92 Å². The quantitative estimate of drug-likeness (QED) is 0.496. The van der Waals surface area contributed by atoms with Gasteiger partial charge >= 0.3 is 12.5 Å². The van der Waals surface area contributed by atoms with Crippen molar-refractivity contribution < 1.29 is 37.3 Å². The number of ether oxygens (including phenoxy) is 3. The van der Waals surface area contributed by atoms with Gasteiger partial charge in [-0.15, -0.1) is 13.2 Å². The Kier molecular flexibility index (Phi) is 6.19. The topological polar surface area (TPSA) is 90.8 Å². The molecule has 164 valence electrons. The first-order chi connectivity index (χ1) is 14.6. The van der Waals surface area contributed by atoms with Crippen LogP contribution in [0, 0.1) is 13.8 Å². The van der Waals surface area contributed by atoms with Crippen LogP contribution in [0.5, 0.6) is 17.4 Å². The molecule has 0 aliphatic carbocycles. The van der Waals surface area contributed by atoms with Gasteiger partial charge < -0.3 is 19.3 Å². The van der Waals surface area contributed by atoms with Crippen molar-refractivity contribution in [1.29, 1.82) is 0 Å². The molecule has 2 heterocycles. The van der Waals surface area contributed by atoms with E-state index < -0.39 is 12.5 Å². The maximum absolute atomic E-state index is 12.3. The Morgan fingerprint density at radius 1 is 1.10 bits per heavy atom. The number of rotatable bonds is 6. The normalized spacial score (nSPS) is 11.4. The molecular formula is C21H19F3N2O5. The van der Waals surface area contributed by atoms with Gasteiger partial charge in [-0.25, -0.2) is 9.78 Å². The van der Waals surface area contributed by atoms with Crippen molar-refractivity contribution in [1.82, 2.24) is 9.97 Å². The summed E-state index contributed by atoms with van der Waals surface area (Å²) in [7, 11) is 0. The Bertz CT molecular complexity index is 1110. The van der Waals surface area contributed by atoms with E-state index in [1.807, 2.05) is 13.8 Å². The molecule has 0 saturated heterocycles. The van der Waals surface area contributed by atoms with Gasteiger partial charge in [-0.3, -0.25) is 4.98 Å². The predicted molar refractivity (Wildman–Crippen MR) is 104 cm³/mol. The van der Waals surface area contributed by atoms with Crippen LogP contribution in [0.15, 0.2) is 30.3 Å². The van der Waals surface area contributed by atoms with Crippen LogP contribution in [0.1, 0.15) is 29.3 Å². The number of hydrogen-bond donors (Lipinski definition) is 1. The Morgan fingerprint density at radius 2 is 1.74 bits per heavy atom. The van der Waals surface area contributed by atoms with Crippen LogP contribution in [0.4, 0.5) is 18.0 Å². The van der Waals surface area contributed by atoms with Crippen LogP contribution in [0.2, 0.25) is 0 Å². The zero-order valence-corrected chi connectivity index (χ0v) is 16.9. The van der Waals surface area contributed by atoms with Gasteiger partial charge in [0.25, 0.3) is 0 Å². The number of alkyl halides is 3. The lowest BCUT2D eigenvalue weighted by atomic mass is 10.0. The Morgan fingerprint density at radius 3 is 2.32 bits per heavy atom. The zero-order chi connectivity index (χ0) is 22.8. The molecule has 0 amide bonds. The minimum absolute atomic E-state index is 0.202. The van der Waals surface area contributed by atoms with Crippen LogP contribution >= 0.6 is 0 Å². The minimum Gasteiger partial charge on any atom is -0.450 e. The van der Waals surface area contributed by atoms with E-state index in [4.69, 9.17) is 14.6 Å². The van der Waals surface area contributed by atoms with E-state index in [0.717, 1.165) is 23.4 Å². The summed E-state index contributed by atoms with van der Waals surface area (Å²) >= 11 is 0. The number of aromatic nitrogens is 2. The highest BCUT2D eigenvalue weighted by Gasteiger charge is 2.31. The van der Waals surface area contributed by atoms with E-state index in [1.54, 1.807) is 13.0 Å². The molecule has 0 aliphatic rings. The van der Waals surface area contributed by atoms with Crippen molar-refractivity contribution in [3.05, 3.63) is 52.7 Å². The second-order valence-electron chi connectivity index (χ2n) is 6.67. The lowest BCUT2D eigenvalue weighted by Crippen LogP contribution is -2.16. The van der Waals surface area contributed by atoms with Gasteiger partial charge in [-0.2, -0.15) is 0 Å². The largest absolute Gasteiger partial charge is 0.573 e. The molecule has 1 N–H and O–H groups in total. The van der Waals surface area contributed by atoms with Gasteiger partial charge in [-0.05, 0) is 56.2 Å². The fourth-order valence-electron chi connectivity index (χ4n) is 3.05. The van der Waals surface area contributed by atoms with Crippen molar-refractivity contribution in [2.24, 2.45) is 0 Å². The number of fused-ring (bicyclic) bond motifs is 1. The molecule has 31 heavy (non-hydrogen) atoms. The summed E-state index contributed by atoms with van der Waals surface area (Å²) < 4.78 is 51.3. The van der Waals surface area contributed by atoms with Gasteiger partial charge in [0.2, 0.25) is 5.88 Å². The molecular weight excluding hydrogens is 417 g/mol. The lowest BCUT2D eigenvalue weighted by Gasteiger charge is -2.15. The number of nitrogens with zero attached hydrogens (tertiary/aromatic N) is 2. The summed E-state index contributed by atoms with van der Waals surface area (Å²) in [6.07, 6.45) is -5.55. The summed E-state index contributed by atoms with van der Waals surface area (Å²) in [6, 6.07) is 6.66. The molecule has 2 aromatic heterocycles. The first-order valence-corrected chi connectivity index (χ1v) is 9.26. The van der Waals surface area contributed by atoms with Gasteiger partial charge in [0.15, 0.2) is 0 Å². The third kappa shape index (κ3) is 5.33. The molecule has 3 rings (SSSR count). The fourth-order valence-corrected chi connectivity index (χ4v) is 3.05. The van der Waals surface area contributed by atoms with Crippen LogP contribution in [-0.2, 0) is 17.8 Å². The van der Waals surface area contributed by atoms with Crippen LogP contribution in [0.25, 0.3) is 11.0 Å². The fraction of sp³-hybridized carbons (Fsp3) is 0.286. The van der Waals surface area contributed by atoms with Crippen molar-refractivity contribution in [3.63, 3.8) is 0 Å². The Hall–Kier alpha value is -3.56. The van der Waals surface area contributed by atoms with Gasteiger partial charge in [0.05, 0.1) is 11.0 Å². The van der Waals surface area contributed by atoms with E-state index in [2.05, 4.69) is 14.7 Å². The standard InChI is InChI=1S/C21H19F3N2O5/c1-4-16-12(3)15(10-29-20(27)28)18-17(25-16)9-11(2)19(26-18)30-13-5-7-14(8-6-13)31-21(22,23)24/h5-9H,4,10H2,1-3H3,(H,27,28). The molecule has 10 heteroatoms. The van der Waals surface area contributed by atoms with Gasteiger partial charge in [0.1, 0.15) is 18.1 Å². The maximum atomic E-state index is 12.3. The molecule has 7 nitrogen and oxygen atoms in total. The van der Waals surface area contributed by atoms with Crippen molar-refractivity contribution in [2.75, 3.05) is 0 Å². The number of aryl methyl sites for hydroxylation is 2. The van der Waals surface area contributed by atoms with E-state index in [0.29, 0.717) is 28.6 Å². The zero-order valence-electron chi connectivity index (χ0n) is 16.9. The monoisotopic (exact) mass is 436 g/mol. The molecule has 3 aromatic rings. The highest BCUT2D eigenvalue weighted by Crippen LogP contribution is 2.31. The number of halogens is 3. The Labute approximate surface area is 175 Å². The first-order valence-electron chi connectivity index (χ1n) is 9.26. The number of pyridine rings is 2. The highest BCUT2D eigenvalue weighted by molar-refractivity contribution is 5.81. The molecule has 0 bridgehead atoms. The first kappa shape index (κ1) is 22.1. The van der Waals surface area contributed by atoms with E-state index in [1.165, 1.54) is 12.1 Å². The summed E-state index contributed by atoms with van der Waals surface area (Å²) in [5.41, 5.74) is 3.77. The molecule has 0 atom stereocenters. The molecule has 1 aromatic carbocycles. The van der Waals surface area contributed by atoms with E-state index >= 15 is 0 Å². The van der Waals surface area contributed by atoms with Crippen molar-refractivity contribution >= 4 is 17.2 Å². The maximum Gasteiger partial charge on any atom is 0.573 e. The number of benzene rings is 1. The average molecular weight is 436 g/mol. The third-order valence-electron chi connectivity index (χ3n) is 4.52. The number of carboxylic acid groups (broad SMARTS) is 1. The molecule has 0 saturated carbocycles. The van der Waals surface area contributed by atoms with Crippen LogP contribution in [0.3, 0.4) is 0 Å². The molecule has 0 aliphatic heterocycles. The summed E-state index contributed by atoms with van der Waals surface area (Å²) in [6.45, 7) is 5.30. The van der Waals surface area contributed by atoms with Crippen molar-refractivity contribution in [3.8, 4) is 17.4 Å². The SMILES string of the molecule is CCc1nc2cc(C)c(Oc3ccc(OC(F)(F)F)cc3)nc2c(COC(=O)O)c1C. The summed E-state index contributed by atoms with van der Waals surface area (Å²) in [5, 5.41) is 8.89. The van der Waals surface area contributed by atoms with Crippen LogP contribution in [-0.4, -0.2) is 27.6 Å². The summed E-state index contributed by atoms with van der Waals surface area (Å²) in [5.74, 6) is 0.0877. The second kappa shape index (κ2) is 8.66. The lowest BCUT2D eigenvalue weighted by molar-refractivity contribution is -0.274. The molecule has 0 unspecified atom stereocenters. The highest BCUT2D eigenvalue weighted by atomic mass is 19.4. The minimum atomic E-state index is -4.78. The smallest absolute Gasteiger partial charge is 0.450 e. The molecule has 0 radical (unpaired) electrons. The van der Waals surface area contributed by atoms with E-state index in [9.17, 15) is 18.0 Å². The van der Waals surface area contributed by atoms with E-state index in [-0.39, 0.29) is 24.0 Å². The predicted octanol–water partition coefficient (Wildman–Crippen LogP) is 5.69. The Balaban J connectivity index is 1.98.